The summed E-state index contributed by atoms with van der Waals surface area (Å²) in [6, 6.07) is 15.1. The number of hydroxylamine groups is 2. The third-order valence-corrected chi connectivity index (χ3v) is 8.85. The van der Waals surface area contributed by atoms with Gasteiger partial charge in [-0.15, -0.1) is 0 Å². The molecule has 7 nitrogen and oxygen atoms in total. The average Bonchev–Trinajstić information content (AvgIpc) is 2.87. The maximum atomic E-state index is 13.2. The maximum absolute atomic E-state index is 13.2. The van der Waals surface area contributed by atoms with Crippen LogP contribution in [0.15, 0.2) is 71.1 Å². The van der Waals surface area contributed by atoms with E-state index in [2.05, 4.69) is 4.98 Å². The van der Waals surface area contributed by atoms with Crippen LogP contribution in [-0.4, -0.2) is 52.9 Å². The van der Waals surface area contributed by atoms with Crippen molar-refractivity contribution >= 4 is 38.4 Å². The van der Waals surface area contributed by atoms with Gasteiger partial charge >= 0.3 is 0 Å². The molecule has 1 aliphatic heterocycles. The van der Waals surface area contributed by atoms with Gasteiger partial charge in [-0.25, -0.2) is 13.5 Å². The van der Waals surface area contributed by atoms with E-state index in [-0.39, 0.29) is 4.90 Å². The Morgan fingerprint density at radius 3 is 2.56 bits per heavy atom. The molecule has 36 heavy (non-hydrogen) atoms. The number of carbonyl (C=O) groups is 1. The second-order valence-electron chi connectivity index (χ2n) is 8.85. The van der Waals surface area contributed by atoms with Crippen LogP contribution in [0.3, 0.4) is 0 Å². The summed E-state index contributed by atoms with van der Waals surface area (Å²) in [4.78, 5) is 16.5. The van der Waals surface area contributed by atoms with Gasteiger partial charge in [-0.05, 0) is 67.7 Å². The van der Waals surface area contributed by atoms with Gasteiger partial charge in [-0.3, -0.25) is 15.0 Å². The molecule has 3 aromatic rings. The molecule has 1 aliphatic rings. The molecule has 0 saturated carbocycles. The normalized spacial score (nSPS) is 14.9. The van der Waals surface area contributed by atoms with E-state index in [9.17, 15) is 18.4 Å². The molecule has 4 rings (SSSR count). The Kier molecular flexibility index (Phi) is 8.33. The van der Waals surface area contributed by atoms with Crippen LogP contribution in [0.25, 0.3) is 10.9 Å². The Bertz CT molecular complexity index is 1360. The van der Waals surface area contributed by atoms with Gasteiger partial charge in [-0.2, -0.15) is 11.8 Å². The number of rotatable bonds is 8. The summed E-state index contributed by atoms with van der Waals surface area (Å²) in [6.07, 6.45) is 3.38. The molecule has 190 valence electrons. The molecule has 0 spiro atoms. The standard InChI is InChI=1S/C27H30N2O5S2/c1-19-15-22(26-5-3-4-6-27(26)28-19)17-34-24-7-9-25(10-8-24)36(32,33)18-23(29(31)20(2)30)16-21-11-13-35-14-12-21/h3-10,15-16,23,31H,11-14,17-18H2,1-2H3. The number of benzene rings is 2. The summed E-state index contributed by atoms with van der Waals surface area (Å²) in [5.74, 6) is 1.45. The first-order chi connectivity index (χ1) is 17.2. The van der Waals surface area contributed by atoms with E-state index in [1.165, 1.54) is 19.1 Å². The van der Waals surface area contributed by atoms with Crippen LogP contribution in [0.4, 0.5) is 0 Å². The van der Waals surface area contributed by atoms with E-state index in [4.69, 9.17) is 4.74 Å². The van der Waals surface area contributed by atoms with Crippen LogP contribution >= 0.6 is 11.8 Å². The summed E-state index contributed by atoms with van der Waals surface area (Å²) in [5, 5.41) is 11.8. The largest absolute Gasteiger partial charge is 0.489 e. The Morgan fingerprint density at radius 2 is 1.86 bits per heavy atom. The van der Waals surface area contributed by atoms with Gasteiger partial charge < -0.3 is 4.74 Å². The summed E-state index contributed by atoms with van der Waals surface area (Å²) in [5.41, 5.74) is 3.86. The molecule has 1 N–H and O–H groups in total. The predicted molar refractivity (Wildman–Crippen MR) is 142 cm³/mol. The Hall–Kier alpha value is -2.88. The first-order valence-corrected chi connectivity index (χ1v) is 14.6. The van der Waals surface area contributed by atoms with E-state index in [1.54, 1.807) is 18.2 Å². The Labute approximate surface area is 216 Å². The first-order valence-electron chi connectivity index (χ1n) is 11.8. The van der Waals surface area contributed by atoms with Gasteiger partial charge in [-0.1, -0.05) is 29.8 Å². The van der Waals surface area contributed by atoms with Crippen molar-refractivity contribution < 1.29 is 23.2 Å². The van der Waals surface area contributed by atoms with E-state index < -0.39 is 27.5 Å². The fourth-order valence-electron chi connectivity index (χ4n) is 4.23. The van der Waals surface area contributed by atoms with Crippen molar-refractivity contribution in [2.75, 3.05) is 17.3 Å². The number of ether oxygens (including phenoxy) is 1. The average molecular weight is 527 g/mol. The number of amides is 1. The molecule has 1 amide bonds. The number of sulfone groups is 1. The number of hydrogen-bond acceptors (Lipinski definition) is 7. The van der Waals surface area contributed by atoms with Gasteiger partial charge in [0.25, 0.3) is 0 Å². The Morgan fingerprint density at radius 1 is 1.17 bits per heavy atom. The highest BCUT2D eigenvalue weighted by atomic mass is 32.2. The van der Waals surface area contributed by atoms with Crippen molar-refractivity contribution in [2.24, 2.45) is 0 Å². The number of fused-ring (bicyclic) bond motifs is 1. The first kappa shape index (κ1) is 26.2. The number of thioether (sulfide) groups is 1. The molecule has 1 saturated heterocycles. The van der Waals surface area contributed by atoms with Gasteiger partial charge in [0.05, 0.1) is 22.2 Å². The second kappa shape index (κ2) is 11.5. The molecule has 2 heterocycles. The number of pyridine rings is 1. The highest BCUT2D eigenvalue weighted by Crippen LogP contribution is 2.25. The van der Waals surface area contributed by atoms with Crippen LogP contribution in [0.2, 0.25) is 0 Å². The number of hydrogen-bond donors (Lipinski definition) is 1. The summed E-state index contributed by atoms with van der Waals surface area (Å²) >= 11 is 1.84. The zero-order valence-electron chi connectivity index (χ0n) is 20.4. The molecular formula is C27H30N2O5S2. The van der Waals surface area contributed by atoms with Crippen LogP contribution in [0.5, 0.6) is 5.75 Å². The SMILES string of the molecule is CC(=O)N(O)C(C=C1CCSCC1)CS(=O)(=O)c1ccc(OCc2cc(C)nc3ccccc23)cc1. The monoisotopic (exact) mass is 526 g/mol. The number of carbonyl (C=O) groups excluding carboxylic acids is 1. The number of aryl methyl sites for hydroxylation is 1. The highest BCUT2D eigenvalue weighted by molar-refractivity contribution is 7.99. The van der Waals surface area contributed by atoms with Gasteiger partial charge in [0, 0.05) is 23.6 Å². The van der Waals surface area contributed by atoms with Gasteiger partial charge in [0.1, 0.15) is 12.4 Å². The lowest BCUT2D eigenvalue weighted by atomic mass is 10.1. The molecule has 2 aromatic carbocycles. The van der Waals surface area contributed by atoms with Crippen molar-refractivity contribution in [1.82, 2.24) is 10.0 Å². The molecule has 0 radical (unpaired) electrons. The molecule has 0 aliphatic carbocycles. The molecule has 1 aromatic heterocycles. The maximum Gasteiger partial charge on any atom is 0.243 e. The van der Waals surface area contributed by atoms with Crippen molar-refractivity contribution in [1.29, 1.82) is 0 Å². The zero-order valence-corrected chi connectivity index (χ0v) is 22.0. The molecule has 1 fully saturated rings. The highest BCUT2D eigenvalue weighted by Gasteiger charge is 2.27. The zero-order chi connectivity index (χ0) is 25.7. The van der Waals surface area contributed by atoms with Crippen LogP contribution in [-0.2, 0) is 21.2 Å². The minimum absolute atomic E-state index is 0.111. The van der Waals surface area contributed by atoms with Gasteiger partial charge in [0.2, 0.25) is 5.91 Å². The lowest BCUT2D eigenvalue weighted by molar-refractivity contribution is -0.167. The van der Waals surface area contributed by atoms with Crippen molar-refractivity contribution in [2.45, 2.75) is 44.2 Å². The number of aromatic nitrogens is 1. The Balaban J connectivity index is 1.48. The summed E-state index contributed by atoms with van der Waals surface area (Å²) in [7, 11) is -3.77. The smallest absolute Gasteiger partial charge is 0.243 e. The van der Waals surface area contributed by atoms with E-state index in [0.29, 0.717) is 17.4 Å². The van der Waals surface area contributed by atoms with Crippen molar-refractivity contribution in [3.63, 3.8) is 0 Å². The fraction of sp³-hybridized carbons (Fsp3) is 0.333. The second-order valence-corrected chi connectivity index (χ2v) is 12.1. The summed E-state index contributed by atoms with van der Waals surface area (Å²) < 4.78 is 32.3. The molecule has 9 heteroatoms. The van der Waals surface area contributed by atoms with Crippen molar-refractivity contribution in [3.8, 4) is 5.75 Å². The summed E-state index contributed by atoms with van der Waals surface area (Å²) in [6.45, 7) is 3.47. The van der Waals surface area contributed by atoms with E-state index >= 15 is 0 Å². The van der Waals surface area contributed by atoms with Crippen molar-refractivity contribution in [3.05, 3.63) is 77.5 Å². The quantitative estimate of drug-likeness (QED) is 0.252. The van der Waals surface area contributed by atoms with Crippen LogP contribution in [0.1, 0.15) is 31.0 Å². The van der Waals surface area contributed by atoms with Crippen LogP contribution in [0, 0.1) is 6.92 Å². The fourth-order valence-corrected chi connectivity index (χ4v) is 6.68. The number of allylic oxidation sites excluding steroid dienone is 1. The van der Waals surface area contributed by atoms with E-state index in [1.807, 2.05) is 49.0 Å². The topological polar surface area (TPSA) is 96.8 Å². The van der Waals surface area contributed by atoms with E-state index in [0.717, 1.165) is 52.1 Å². The number of para-hydroxylation sites is 1. The molecular weight excluding hydrogens is 496 g/mol. The third kappa shape index (κ3) is 6.46. The molecule has 1 atom stereocenters. The lowest BCUT2D eigenvalue weighted by Crippen LogP contribution is -2.40. The molecule has 0 bridgehead atoms. The molecule has 1 unspecified atom stereocenters. The third-order valence-electron chi connectivity index (χ3n) is 6.10. The minimum atomic E-state index is -3.77. The minimum Gasteiger partial charge on any atom is -0.489 e. The predicted octanol–water partition coefficient (Wildman–Crippen LogP) is 4.96. The lowest BCUT2D eigenvalue weighted by Gasteiger charge is -2.24. The van der Waals surface area contributed by atoms with Gasteiger partial charge in [0.15, 0.2) is 9.84 Å². The van der Waals surface area contributed by atoms with Crippen LogP contribution < -0.4 is 4.74 Å². The number of nitrogens with zero attached hydrogens (tertiary/aromatic N) is 2.